The number of carboxylic acid groups (broad SMARTS) is 1. The van der Waals surface area contributed by atoms with Crippen LogP contribution in [0.25, 0.3) is 0 Å². The molecule has 14 heavy (non-hydrogen) atoms. The summed E-state index contributed by atoms with van der Waals surface area (Å²) in [5, 5.41) is 26.6. The highest BCUT2D eigenvalue weighted by Gasteiger charge is 2.47. The van der Waals surface area contributed by atoms with Crippen molar-refractivity contribution in [2.45, 2.75) is 34.0 Å². The number of carbonyl (C=O) groups excluding carboxylic acids is 1. The highest BCUT2D eigenvalue weighted by atomic mass is 16.5. The van der Waals surface area contributed by atoms with E-state index in [1.807, 2.05) is 0 Å². The Morgan fingerprint density at radius 3 is 1.64 bits per heavy atom. The van der Waals surface area contributed by atoms with Crippen LogP contribution in [-0.2, 0) is 9.59 Å². The molecule has 0 saturated carbocycles. The maximum atomic E-state index is 11.7. The summed E-state index contributed by atoms with van der Waals surface area (Å²) in [5.74, 6) is -2.00. The number of Topliss-reactive ketones (excluding diaryl/α,β-unsaturated/α-hetero) is 1. The normalized spacial score (nSPS) is 13.1. The van der Waals surface area contributed by atoms with Crippen LogP contribution in [0.1, 0.15) is 27.7 Å². The number of carboxylic acids is 1. The summed E-state index contributed by atoms with van der Waals surface area (Å²) in [5.41, 5.74) is -3.10. The Hall–Kier alpha value is -0.940. The molecule has 0 aromatic rings. The van der Waals surface area contributed by atoms with Crippen molar-refractivity contribution < 1.29 is 24.9 Å². The molecule has 0 fully saturated rings. The first-order valence-electron chi connectivity index (χ1n) is 4.19. The lowest BCUT2D eigenvalue weighted by Gasteiger charge is -2.31. The Labute approximate surface area is 82.4 Å². The van der Waals surface area contributed by atoms with Crippen molar-refractivity contribution in [1.82, 2.24) is 0 Å². The number of carbonyl (C=O) groups is 2. The Morgan fingerprint density at radius 2 is 1.43 bits per heavy atom. The maximum absolute atomic E-state index is 11.7. The number of hydrogen-bond acceptors (Lipinski definition) is 4. The lowest BCUT2D eigenvalue weighted by Crippen LogP contribution is -2.47. The monoisotopic (exact) mass is 204 g/mol. The van der Waals surface area contributed by atoms with E-state index in [2.05, 4.69) is 0 Å². The molecule has 82 valence electrons. The molecule has 0 amide bonds. The first-order chi connectivity index (χ1) is 6.04. The van der Waals surface area contributed by atoms with Gasteiger partial charge in [0, 0.05) is 0 Å². The lowest BCUT2D eigenvalue weighted by molar-refractivity contribution is -0.171. The largest absolute Gasteiger partial charge is 0.481 e. The molecular formula is C9H16O5. The minimum Gasteiger partial charge on any atom is -0.481 e. The van der Waals surface area contributed by atoms with Crippen LogP contribution in [0.4, 0.5) is 0 Å². The SMILES string of the molecule is CC(C)(C(=O)O)C(=O)C(C)(C)C(O)O. The van der Waals surface area contributed by atoms with Gasteiger partial charge in [0.2, 0.25) is 0 Å². The number of aliphatic carboxylic acids is 1. The maximum Gasteiger partial charge on any atom is 0.316 e. The lowest BCUT2D eigenvalue weighted by atomic mass is 9.73. The van der Waals surface area contributed by atoms with E-state index >= 15 is 0 Å². The molecule has 0 aliphatic carbocycles. The third-order valence-electron chi connectivity index (χ3n) is 2.33. The fourth-order valence-electron chi connectivity index (χ4n) is 1.02. The Kier molecular flexibility index (Phi) is 3.42. The van der Waals surface area contributed by atoms with Crippen molar-refractivity contribution in [2.75, 3.05) is 0 Å². The van der Waals surface area contributed by atoms with Crippen LogP contribution < -0.4 is 0 Å². The number of aliphatic hydroxyl groups is 2. The van der Waals surface area contributed by atoms with Crippen molar-refractivity contribution >= 4 is 11.8 Å². The Morgan fingerprint density at radius 1 is 1.07 bits per heavy atom. The summed E-state index contributed by atoms with van der Waals surface area (Å²) in [7, 11) is 0. The van der Waals surface area contributed by atoms with Gasteiger partial charge in [-0.2, -0.15) is 0 Å². The van der Waals surface area contributed by atoms with Crippen LogP contribution in [0, 0.1) is 10.8 Å². The molecular weight excluding hydrogens is 188 g/mol. The molecule has 0 aromatic carbocycles. The highest BCUT2D eigenvalue weighted by Crippen LogP contribution is 2.31. The van der Waals surface area contributed by atoms with Gasteiger partial charge in [-0.25, -0.2) is 0 Å². The topological polar surface area (TPSA) is 94.8 Å². The summed E-state index contributed by atoms with van der Waals surface area (Å²) in [6, 6.07) is 0. The first-order valence-corrected chi connectivity index (χ1v) is 4.19. The fourth-order valence-corrected chi connectivity index (χ4v) is 1.02. The van der Waals surface area contributed by atoms with Crippen LogP contribution in [0.15, 0.2) is 0 Å². The van der Waals surface area contributed by atoms with Crippen LogP contribution in [0.5, 0.6) is 0 Å². The summed E-state index contributed by atoms with van der Waals surface area (Å²) in [6.07, 6.45) is -1.87. The van der Waals surface area contributed by atoms with Crippen molar-refractivity contribution in [2.24, 2.45) is 10.8 Å². The van der Waals surface area contributed by atoms with Crippen molar-refractivity contribution in [3.05, 3.63) is 0 Å². The van der Waals surface area contributed by atoms with E-state index in [0.29, 0.717) is 0 Å². The summed E-state index contributed by atoms with van der Waals surface area (Å²) in [4.78, 5) is 22.4. The molecule has 0 bridgehead atoms. The summed E-state index contributed by atoms with van der Waals surface area (Å²) < 4.78 is 0. The van der Waals surface area contributed by atoms with E-state index in [-0.39, 0.29) is 0 Å². The van der Waals surface area contributed by atoms with E-state index in [1.54, 1.807) is 0 Å². The first kappa shape index (κ1) is 13.1. The quantitative estimate of drug-likeness (QED) is 0.442. The van der Waals surface area contributed by atoms with E-state index < -0.39 is 28.9 Å². The molecule has 0 aliphatic heterocycles. The molecule has 5 nitrogen and oxygen atoms in total. The van der Waals surface area contributed by atoms with Gasteiger partial charge in [0.05, 0.1) is 5.41 Å². The van der Waals surface area contributed by atoms with Gasteiger partial charge in [-0.3, -0.25) is 9.59 Å². The highest BCUT2D eigenvalue weighted by molar-refractivity contribution is 6.04. The van der Waals surface area contributed by atoms with Gasteiger partial charge in [0.1, 0.15) is 5.41 Å². The van der Waals surface area contributed by atoms with Crippen molar-refractivity contribution in [1.29, 1.82) is 0 Å². The smallest absolute Gasteiger partial charge is 0.316 e. The van der Waals surface area contributed by atoms with E-state index in [9.17, 15) is 9.59 Å². The van der Waals surface area contributed by atoms with Gasteiger partial charge in [0.25, 0.3) is 0 Å². The number of aliphatic hydroxyl groups excluding tert-OH is 1. The van der Waals surface area contributed by atoms with Gasteiger partial charge in [-0.1, -0.05) is 0 Å². The van der Waals surface area contributed by atoms with Crippen molar-refractivity contribution in [3.8, 4) is 0 Å². The molecule has 0 aliphatic rings. The molecule has 0 heterocycles. The van der Waals surface area contributed by atoms with E-state index in [1.165, 1.54) is 27.7 Å². The van der Waals surface area contributed by atoms with Gasteiger partial charge in [-0.05, 0) is 27.7 Å². The molecule has 3 N–H and O–H groups in total. The second-order valence-corrected chi connectivity index (χ2v) is 4.35. The average Bonchev–Trinajstić information content (AvgIpc) is 2.02. The second kappa shape index (κ2) is 3.67. The fraction of sp³-hybridized carbons (Fsp3) is 0.778. The predicted molar refractivity (Wildman–Crippen MR) is 48.4 cm³/mol. The second-order valence-electron chi connectivity index (χ2n) is 4.35. The van der Waals surface area contributed by atoms with Crippen LogP contribution in [0.2, 0.25) is 0 Å². The molecule has 0 spiro atoms. The Balaban J connectivity index is 5.06. The third-order valence-corrected chi connectivity index (χ3v) is 2.33. The molecule has 5 heteroatoms. The zero-order chi connectivity index (χ0) is 11.7. The average molecular weight is 204 g/mol. The van der Waals surface area contributed by atoms with E-state index in [4.69, 9.17) is 15.3 Å². The summed E-state index contributed by atoms with van der Waals surface area (Å²) >= 11 is 0. The molecule has 0 unspecified atom stereocenters. The summed E-state index contributed by atoms with van der Waals surface area (Å²) in [6.45, 7) is 5.07. The molecule has 0 rings (SSSR count). The van der Waals surface area contributed by atoms with Gasteiger partial charge >= 0.3 is 5.97 Å². The third kappa shape index (κ3) is 2.10. The molecule has 0 aromatic heterocycles. The van der Waals surface area contributed by atoms with E-state index in [0.717, 1.165) is 0 Å². The molecule has 0 saturated heterocycles. The van der Waals surface area contributed by atoms with Gasteiger partial charge in [-0.15, -0.1) is 0 Å². The minimum absolute atomic E-state index is 0.715. The van der Waals surface area contributed by atoms with Gasteiger partial charge < -0.3 is 15.3 Å². The number of hydrogen-bond donors (Lipinski definition) is 3. The zero-order valence-corrected chi connectivity index (χ0v) is 8.74. The van der Waals surface area contributed by atoms with Crippen molar-refractivity contribution in [3.63, 3.8) is 0 Å². The Bertz CT molecular complexity index is 252. The zero-order valence-electron chi connectivity index (χ0n) is 8.74. The standard InChI is InChI=1S/C9H16O5/c1-8(2,6(11)12)5(10)9(3,4)7(13)14/h6,11-12H,1-4H3,(H,13,14). The number of ketones is 1. The van der Waals surface area contributed by atoms with Crippen LogP contribution in [-0.4, -0.2) is 33.4 Å². The van der Waals surface area contributed by atoms with Crippen LogP contribution >= 0.6 is 0 Å². The molecule has 0 radical (unpaired) electrons. The minimum atomic E-state index is -1.87. The van der Waals surface area contributed by atoms with Crippen LogP contribution in [0.3, 0.4) is 0 Å². The molecule has 0 atom stereocenters. The van der Waals surface area contributed by atoms with Gasteiger partial charge in [0.15, 0.2) is 12.1 Å². The predicted octanol–water partition coefficient (Wildman–Crippen LogP) is 0.00320. The number of rotatable bonds is 4.